The number of carbonyl (C=O) groups is 4. The smallest absolute Gasteiger partial charge is 0.303 e. The minimum Gasteiger partial charge on any atom is -0.463 e. The van der Waals surface area contributed by atoms with E-state index in [1.807, 2.05) is 0 Å². The first-order valence-corrected chi connectivity index (χ1v) is 8.70. The largest absolute Gasteiger partial charge is 0.463 e. The molecule has 1 aliphatic rings. The highest BCUT2D eigenvalue weighted by Gasteiger charge is 2.52. The molecule has 0 unspecified atom stereocenters. The van der Waals surface area contributed by atoms with Crippen LogP contribution in [0, 0.1) is 5.41 Å². The molecule has 12 heteroatoms. The van der Waals surface area contributed by atoms with Crippen molar-refractivity contribution in [3.05, 3.63) is 0 Å². The van der Waals surface area contributed by atoms with Crippen molar-refractivity contribution in [3.8, 4) is 0 Å². The molecule has 1 rings (SSSR count). The topological polar surface area (TPSA) is 164 Å². The Morgan fingerprint density at radius 2 is 1.37 bits per heavy atom. The van der Waals surface area contributed by atoms with Gasteiger partial charge < -0.3 is 29.4 Å². The standard InChI is InChI=1S/C15H22N2O9S/c1-6(18)22-5-10-11(23-7(2)19)12(24-8(3)20)13(25-9(4)21)14(26-10)27-15(16)17/h10-14H,5H2,1-4H3,(H3,16,17)/t10-,11+,12+,13+,14+/m1/s1. The quantitative estimate of drug-likeness (QED) is 0.257. The minimum atomic E-state index is -1.26. The minimum absolute atomic E-state index is 0.327. The summed E-state index contributed by atoms with van der Waals surface area (Å²) in [6.45, 7) is 4.24. The second-order valence-electron chi connectivity index (χ2n) is 5.55. The van der Waals surface area contributed by atoms with Crippen LogP contribution in [0.4, 0.5) is 0 Å². The third-order valence-electron chi connectivity index (χ3n) is 3.19. The molecule has 1 heterocycles. The molecule has 27 heavy (non-hydrogen) atoms. The zero-order valence-corrected chi connectivity index (χ0v) is 16.1. The molecule has 0 bridgehead atoms. The zero-order chi connectivity index (χ0) is 20.7. The van der Waals surface area contributed by atoms with E-state index < -0.39 is 53.7 Å². The van der Waals surface area contributed by atoms with Gasteiger partial charge in [0, 0.05) is 27.7 Å². The second-order valence-corrected chi connectivity index (χ2v) is 6.69. The predicted molar refractivity (Wildman–Crippen MR) is 91.5 cm³/mol. The first kappa shape index (κ1) is 22.7. The fourth-order valence-corrected chi connectivity index (χ4v) is 3.20. The molecule has 0 aliphatic carbocycles. The number of hydrogen-bond acceptors (Lipinski definition) is 11. The molecule has 152 valence electrons. The summed E-state index contributed by atoms with van der Waals surface area (Å²) in [7, 11) is 0. The van der Waals surface area contributed by atoms with Crippen LogP contribution >= 0.6 is 11.8 Å². The summed E-state index contributed by atoms with van der Waals surface area (Å²) in [5.74, 6) is -2.76. The van der Waals surface area contributed by atoms with Crippen LogP contribution in [0.2, 0.25) is 0 Å². The first-order valence-electron chi connectivity index (χ1n) is 7.82. The summed E-state index contributed by atoms with van der Waals surface area (Å²) < 4.78 is 26.2. The van der Waals surface area contributed by atoms with Gasteiger partial charge in [-0.25, -0.2) is 0 Å². The maximum Gasteiger partial charge on any atom is 0.303 e. The van der Waals surface area contributed by atoms with Crippen LogP contribution in [0.25, 0.3) is 0 Å². The number of nitrogens with two attached hydrogens (primary N) is 1. The van der Waals surface area contributed by atoms with E-state index in [1.54, 1.807) is 0 Å². The summed E-state index contributed by atoms with van der Waals surface area (Å²) in [6, 6.07) is 0. The third-order valence-corrected chi connectivity index (χ3v) is 4.06. The van der Waals surface area contributed by atoms with E-state index in [1.165, 1.54) is 6.92 Å². The predicted octanol–water partition coefficient (Wildman–Crippen LogP) is -0.304. The maximum atomic E-state index is 11.6. The summed E-state index contributed by atoms with van der Waals surface area (Å²) in [4.78, 5) is 45.7. The van der Waals surface area contributed by atoms with E-state index >= 15 is 0 Å². The van der Waals surface area contributed by atoms with Gasteiger partial charge in [0.15, 0.2) is 28.9 Å². The SMILES string of the molecule is CC(=O)OC[C@H]1O[C@@H](SC(=N)N)[C@@H](OC(C)=O)[C@@H](OC(C)=O)[C@H]1OC(C)=O. The summed E-state index contributed by atoms with van der Waals surface area (Å²) >= 11 is 0.705. The van der Waals surface area contributed by atoms with Gasteiger partial charge in [0.25, 0.3) is 0 Å². The van der Waals surface area contributed by atoms with Crippen LogP contribution in [0.3, 0.4) is 0 Å². The van der Waals surface area contributed by atoms with Gasteiger partial charge in [-0.15, -0.1) is 0 Å². The van der Waals surface area contributed by atoms with E-state index in [0.717, 1.165) is 20.8 Å². The molecule has 5 atom stereocenters. The molecular formula is C15H22N2O9S. The lowest BCUT2D eigenvalue weighted by molar-refractivity contribution is -0.237. The molecule has 0 radical (unpaired) electrons. The Labute approximate surface area is 159 Å². The lowest BCUT2D eigenvalue weighted by atomic mass is 9.99. The lowest BCUT2D eigenvalue weighted by Gasteiger charge is -2.43. The van der Waals surface area contributed by atoms with Crippen molar-refractivity contribution in [2.24, 2.45) is 5.73 Å². The highest BCUT2D eigenvalue weighted by molar-refractivity contribution is 8.14. The number of nitrogens with one attached hydrogen (secondary N) is 1. The van der Waals surface area contributed by atoms with Crippen molar-refractivity contribution in [2.75, 3.05) is 6.61 Å². The molecule has 1 saturated heterocycles. The first-order chi connectivity index (χ1) is 12.5. The van der Waals surface area contributed by atoms with Crippen LogP contribution in [0.1, 0.15) is 27.7 Å². The number of rotatable bonds is 6. The monoisotopic (exact) mass is 406 g/mol. The van der Waals surface area contributed by atoms with Gasteiger partial charge in [-0.2, -0.15) is 0 Å². The average molecular weight is 406 g/mol. The summed E-state index contributed by atoms with van der Waals surface area (Å²) in [5.41, 5.74) is 4.33. The van der Waals surface area contributed by atoms with Gasteiger partial charge in [0.2, 0.25) is 0 Å². The highest BCUT2D eigenvalue weighted by Crippen LogP contribution is 2.34. The number of esters is 4. The van der Waals surface area contributed by atoms with E-state index in [-0.39, 0.29) is 11.8 Å². The van der Waals surface area contributed by atoms with Crippen LogP contribution in [0.15, 0.2) is 0 Å². The molecule has 0 amide bonds. The molecule has 1 aliphatic heterocycles. The van der Waals surface area contributed by atoms with Crippen molar-refractivity contribution < 1.29 is 42.9 Å². The van der Waals surface area contributed by atoms with Crippen LogP contribution in [-0.4, -0.2) is 65.5 Å². The number of amidine groups is 1. The highest BCUT2D eigenvalue weighted by atomic mass is 32.2. The Hall–Kier alpha value is -2.34. The molecule has 0 aromatic carbocycles. The molecule has 3 N–H and O–H groups in total. The van der Waals surface area contributed by atoms with E-state index in [0.29, 0.717) is 11.8 Å². The van der Waals surface area contributed by atoms with Crippen LogP contribution in [-0.2, 0) is 42.9 Å². The van der Waals surface area contributed by atoms with Crippen molar-refractivity contribution in [3.63, 3.8) is 0 Å². The molecule has 0 aromatic rings. The van der Waals surface area contributed by atoms with Crippen LogP contribution in [0.5, 0.6) is 0 Å². The van der Waals surface area contributed by atoms with Crippen molar-refractivity contribution >= 4 is 40.8 Å². The van der Waals surface area contributed by atoms with Gasteiger partial charge in [-0.1, -0.05) is 11.8 Å². The molecule has 0 aromatic heterocycles. The molecule has 11 nitrogen and oxygen atoms in total. The Morgan fingerprint density at radius 1 is 0.889 bits per heavy atom. The van der Waals surface area contributed by atoms with E-state index in [4.69, 9.17) is 34.8 Å². The number of carbonyl (C=O) groups excluding carboxylic acids is 4. The summed E-state index contributed by atoms with van der Waals surface area (Å²) in [5, 5.41) is 7.10. The normalized spacial score (nSPS) is 27.2. The van der Waals surface area contributed by atoms with Gasteiger partial charge in [-0.05, 0) is 0 Å². The van der Waals surface area contributed by atoms with Gasteiger partial charge in [-0.3, -0.25) is 24.6 Å². The number of ether oxygens (including phenoxy) is 5. The number of thioether (sulfide) groups is 1. The third kappa shape index (κ3) is 7.43. The van der Waals surface area contributed by atoms with Gasteiger partial charge in [0.05, 0.1) is 0 Å². The summed E-state index contributed by atoms with van der Waals surface area (Å²) in [6.07, 6.45) is -4.76. The Morgan fingerprint density at radius 3 is 1.81 bits per heavy atom. The maximum absolute atomic E-state index is 11.6. The number of hydrogen-bond donors (Lipinski definition) is 2. The van der Waals surface area contributed by atoms with Crippen molar-refractivity contribution in [1.29, 1.82) is 5.41 Å². The fourth-order valence-electron chi connectivity index (χ4n) is 2.41. The average Bonchev–Trinajstić information content (AvgIpc) is 2.49. The molecule has 0 saturated carbocycles. The Bertz CT molecular complexity index is 612. The lowest BCUT2D eigenvalue weighted by Crippen LogP contribution is -2.61. The Balaban J connectivity index is 3.29. The van der Waals surface area contributed by atoms with Crippen molar-refractivity contribution in [1.82, 2.24) is 0 Å². The fraction of sp³-hybridized carbons (Fsp3) is 0.667. The second kappa shape index (κ2) is 10.1. The Kier molecular flexibility index (Phi) is 8.50. The van der Waals surface area contributed by atoms with Gasteiger partial charge >= 0.3 is 23.9 Å². The van der Waals surface area contributed by atoms with Gasteiger partial charge in [0.1, 0.15) is 12.7 Å². The van der Waals surface area contributed by atoms with E-state index in [2.05, 4.69) is 0 Å². The van der Waals surface area contributed by atoms with E-state index in [9.17, 15) is 19.2 Å². The molecule has 0 spiro atoms. The molecular weight excluding hydrogens is 384 g/mol. The molecule has 1 fully saturated rings. The zero-order valence-electron chi connectivity index (χ0n) is 15.3. The van der Waals surface area contributed by atoms with Crippen molar-refractivity contribution in [2.45, 2.75) is 57.5 Å². The van der Waals surface area contributed by atoms with Crippen LogP contribution < -0.4 is 5.73 Å².